The van der Waals surface area contributed by atoms with Crippen molar-refractivity contribution in [2.45, 2.75) is 6.18 Å². The lowest BCUT2D eigenvalue weighted by atomic mass is 10.2. The molecule has 7 heteroatoms. The van der Waals surface area contributed by atoms with E-state index in [1.807, 2.05) is 0 Å². The van der Waals surface area contributed by atoms with Gasteiger partial charge in [-0.25, -0.2) is 9.97 Å². The summed E-state index contributed by atoms with van der Waals surface area (Å²) in [5, 5.41) is 0.933. The molecule has 20 heavy (non-hydrogen) atoms. The number of rotatable bonds is 1. The van der Waals surface area contributed by atoms with Crippen LogP contribution in [0.2, 0.25) is 0 Å². The summed E-state index contributed by atoms with van der Waals surface area (Å²) in [7, 11) is 0. The van der Waals surface area contributed by atoms with Crippen LogP contribution in [-0.2, 0) is 6.18 Å². The number of nitrogens with zero attached hydrogens (tertiary/aromatic N) is 2. The van der Waals surface area contributed by atoms with E-state index in [-0.39, 0.29) is 5.01 Å². The molecule has 0 radical (unpaired) electrons. The predicted molar refractivity (Wildman–Crippen MR) is 70.1 cm³/mol. The lowest BCUT2D eigenvalue weighted by Crippen LogP contribution is -2.00. The molecular weight excluding hydrogens is 287 g/mol. The molecule has 1 N–H and O–H groups in total. The molecule has 100 valence electrons. The molecule has 3 aromatic rings. The zero-order valence-corrected chi connectivity index (χ0v) is 10.6. The molecule has 3 nitrogen and oxygen atoms in total. The fraction of sp³-hybridized carbons (Fsp3) is 0.0769. The minimum absolute atomic E-state index is 0.277. The van der Waals surface area contributed by atoms with E-state index in [0.717, 1.165) is 6.20 Å². The highest BCUT2D eigenvalue weighted by Crippen LogP contribution is 2.38. The summed E-state index contributed by atoms with van der Waals surface area (Å²) < 4.78 is 37.8. The molecule has 0 bridgehead atoms. The molecule has 0 aliphatic carbocycles. The Hall–Kier alpha value is -2.33. The summed E-state index contributed by atoms with van der Waals surface area (Å²) in [5.41, 5.74) is 1.68. The SMILES string of the molecule is C#Cc1cnc2[nH]cc(-c3ncc(C(F)(F)F)s3)c2c1. The number of alkyl halides is 3. The van der Waals surface area contributed by atoms with Gasteiger partial charge in [0.25, 0.3) is 0 Å². The molecule has 3 heterocycles. The standard InChI is InChI=1S/C13H6F3N3S/c1-2-7-3-8-9(5-18-11(8)17-4-7)12-19-6-10(20-12)13(14,15)16/h1,3-6H,(H,17,18). The zero-order valence-electron chi connectivity index (χ0n) is 9.82. The van der Waals surface area contributed by atoms with Crippen LogP contribution in [0.1, 0.15) is 10.4 Å². The molecule has 0 amide bonds. The van der Waals surface area contributed by atoms with E-state index in [0.29, 0.717) is 33.5 Å². The molecule has 0 aromatic carbocycles. The number of hydrogen-bond donors (Lipinski definition) is 1. The molecule has 0 fully saturated rings. The van der Waals surface area contributed by atoms with E-state index < -0.39 is 11.1 Å². The minimum Gasteiger partial charge on any atom is -0.345 e. The summed E-state index contributed by atoms with van der Waals surface area (Å²) in [6.07, 6.45) is 4.84. The van der Waals surface area contributed by atoms with Gasteiger partial charge in [0, 0.05) is 28.9 Å². The monoisotopic (exact) mass is 293 g/mol. The van der Waals surface area contributed by atoms with Crippen molar-refractivity contribution in [2.24, 2.45) is 0 Å². The number of H-pyrrole nitrogens is 1. The Labute approximate surface area is 115 Å². The van der Waals surface area contributed by atoms with Crippen LogP contribution in [0.15, 0.2) is 24.7 Å². The molecule has 0 saturated heterocycles. The highest BCUT2D eigenvalue weighted by Gasteiger charge is 2.33. The molecule has 3 rings (SSSR count). The Kier molecular flexibility index (Phi) is 2.76. The topological polar surface area (TPSA) is 41.6 Å². The van der Waals surface area contributed by atoms with Crippen molar-refractivity contribution in [2.75, 3.05) is 0 Å². The fourth-order valence-electron chi connectivity index (χ4n) is 1.79. The highest BCUT2D eigenvalue weighted by molar-refractivity contribution is 7.15. The summed E-state index contributed by atoms with van der Waals surface area (Å²) >= 11 is 0.590. The largest absolute Gasteiger partial charge is 0.427 e. The molecule has 0 aliphatic heterocycles. The first kappa shape index (κ1) is 12.7. The van der Waals surface area contributed by atoms with Crippen LogP contribution in [0.5, 0.6) is 0 Å². The van der Waals surface area contributed by atoms with E-state index >= 15 is 0 Å². The Morgan fingerprint density at radius 1 is 1.25 bits per heavy atom. The van der Waals surface area contributed by atoms with Crippen LogP contribution in [-0.4, -0.2) is 15.0 Å². The Morgan fingerprint density at radius 2 is 2.05 bits per heavy atom. The lowest BCUT2D eigenvalue weighted by Gasteiger charge is -1.99. The number of hydrogen-bond acceptors (Lipinski definition) is 3. The van der Waals surface area contributed by atoms with E-state index in [9.17, 15) is 13.2 Å². The number of aromatic amines is 1. The van der Waals surface area contributed by atoms with E-state index in [2.05, 4.69) is 20.9 Å². The Morgan fingerprint density at radius 3 is 2.70 bits per heavy atom. The normalized spacial score (nSPS) is 11.7. The third-order valence-corrected chi connectivity index (χ3v) is 3.79. The molecule has 0 atom stereocenters. The van der Waals surface area contributed by atoms with E-state index in [1.54, 1.807) is 12.3 Å². The van der Waals surface area contributed by atoms with Gasteiger partial charge in [-0.05, 0) is 6.07 Å². The smallest absolute Gasteiger partial charge is 0.345 e. The van der Waals surface area contributed by atoms with Crippen molar-refractivity contribution in [3.05, 3.63) is 35.1 Å². The highest BCUT2D eigenvalue weighted by atomic mass is 32.1. The molecule has 0 saturated carbocycles. The van der Waals surface area contributed by atoms with Gasteiger partial charge in [-0.1, -0.05) is 5.92 Å². The van der Waals surface area contributed by atoms with Crippen LogP contribution in [0.4, 0.5) is 13.2 Å². The van der Waals surface area contributed by atoms with Crippen molar-refractivity contribution >= 4 is 22.4 Å². The minimum atomic E-state index is -4.38. The second-order valence-corrected chi connectivity index (χ2v) is 5.02. The number of pyridine rings is 1. The number of thiazole rings is 1. The van der Waals surface area contributed by atoms with Crippen molar-refractivity contribution < 1.29 is 13.2 Å². The van der Waals surface area contributed by atoms with Crippen molar-refractivity contribution in [3.63, 3.8) is 0 Å². The van der Waals surface area contributed by atoms with Gasteiger partial charge >= 0.3 is 6.18 Å². The first-order chi connectivity index (χ1) is 9.49. The summed E-state index contributed by atoms with van der Waals surface area (Å²) in [6.45, 7) is 0. The average Bonchev–Trinajstić information content (AvgIpc) is 3.03. The zero-order chi connectivity index (χ0) is 14.3. The predicted octanol–water partition coefficient (Wildman–Crippen LogP) is 3.69. The summed E-state index contributed by atoms with van der Waals surface area (Å²) in [6, 6.07) is 1.70. The van der Waals surface area contributed by atoms with Crippen LogP contribution >= 0.6 is 11.3 Å². The van der Waals surface area contributed by atoms with Gasteiger partial charge in [0.05, 0.1) is 6.20 Å². The second-order valence-electron chi connectivity index (χ2n) is 3.99. The molecule has 0 spiro atoms. The average molecular weight is 293 g/mol. The van der Waals surface area contributed by atoms with Gasteiger partial charge < -0.3 is 4.98 Å². The third-order valence-electron chi connectivity index (χ3n) is 2.71. The van der Waals surface area contributed by atoms with E-state index in [4.69, 9.17) is 6.42 Å². The van der Waals surface area contributed by atoms with Gasteiger partial charge in [0.1, 0.15) is 15.5 Å². The van der Waals surface area contributed by atoms with Crippen molar-refractivity contribution in [3.8, 4) is 22.9 Å². The number of aromatic nitrogens is 3. The van der Waals surface area contributed by atoms with Crippen LogP contribution < -0.4 is 0 Å². The molecule has 0 aliphatic rings. The molecular formula is C13H6F3N3S. The number of halogens is 3. The van der Waals surface area contributed by atoms with Gasteiger partial charge in [-0.15, -0.1) is 17.8 Å². The van der Waals surface area contributed by atoms with Gasteiger partial charge in [-0.3, -0.25) is 0 Å². The third kappa shape index (κ3) is 2.04. The maximum Gasteiger partial charge on any atom is 0.427 e. The maximum atomic E-state index is 12.6. The van der Waals surface area contributed by atoms with Crippen LogP contribution in [0.25, 0.3) is 21.6 Å². The van der Waals surface area contributed by atoms with Gasteiger partial charge in [-0.2, -0.15) is 13.2 Å². The van der Waals surface area contributed by atoms with Crippen LogP contribution in [0.3, 0.4) is 0 Å². The number of nitrogens with one attached hydrogen (secondary N) is 1. The molecule has 3 aromatic heterocycles. The maximum absolute atomic E-state index is 12.6. The number of terminal acetylenes is 1. The molecule has 0 unspecified atom stereocenters. The lowest BCUT2D eigenvalue weighted by molar-refractivity contribution is -0.134. The first-order valence-corrected chi connectivity index (χ1v) is 6.28. The Bertz CT molecular complexity index is 823. The quantitative estimate of drug-likeness (QED) is 0.695. The number of fused-ring (bicyclic) bond motifs is 1. The second kappa shape index (κ2) is 4.35. The van der Waals surface area contributed by atoms with Crippen LogP contribution in [0, 0.1) is 12.3 Å². The first-order valence-electron chi connectivity index (χ1n) is 5.46. The summed E-state index contributed by atoms with van der Waals surface area (Å²) in [4.78, 5) is 10.1. The summed E-state index contributed by atoms with van der Waals surface area (Å²) in [5.74, 6) is 2.44. The van der Waals surface area contributed by atoms with Crippen molar-refractivity contribution in [1.82, 2.24) is 15.0 Å². The van der Waals surface area contributed by atoms with Gasteiger partial charge in [0.15, 0.2) is 0 Å². The Balaban J connectivity index is 2.15. The fourth-order valence-corrected chi connectivity index (χ4v) is 2.60. The van der Waals surface area contributed by atoms with Crippen molar-refractivity contribution in [1.29, 1.82) is 0 Å². The van der Waals surface area contributed by atoms with E-state index in [1.165, 1.54) is 6.20 Å². The van der Waals surface area contributed by atoms with Gasteiger partial charge in [0.2, 0.25) is 0 Å².